The van der Waals surface area contributed by atoms with Crippen LogP contribution in [0.25, 0.3) is 0 Å². The number of rotatable bonds is 4. The number of ether oxygens (including phenoxy) is 1. The van der Waals surface area contributed by atoms with Crippen LogP contribution in [0.15, 0.2) is 24.3 Å². The van der Waals surface area contributed by atoms with Crippen LogP contribution in [0.2, 0.25) is 0 Å². The fraction of sp³-hybridized carbons (Fsp3) is 0.273. The van der Waals surface area contributed by atoms with Crippen LogP contribution in [0.4, 0.5) is 0 Å². The van der Waals surface area contributed by atoms with Crippen molar-refractivity contribution in [2.75, 3.05) is 6.61 Å². The van der Waals surface area contributed by atoms with Gasteiger partial charge in [0.2, 0.25) is 0 Å². The summed E-state index contributed by atoms with van der Waals surface area (Å²) in [5.74, 6) is -0.387. The normalized spacial score (nSPS) is 13.6. The second-order valence-electron chi connectivity index (χ2n) is 3.56. The van der Waals surface area contributed by atoms with E-state index in [2.05, 4.69) is 0 Å². The minimum absolute atomic E-state index is 0.228. The second kappa shape index (κ2) is 4.64. The van der Waals surface area contributed by atoms with Crippen molar-refractivity contribution in [3.8, 4) is 11.8 Å². The van der Waals surface area contributed by atoms with Crippen LogP contribution >= 0.6 is 0 Å². The monoisotopic (exact) mass is 220 g/mol. The molecule has 0 aliphatic rings. The first-order chi connectivity index (χ1) is 7.45. The van der Waals surface area contributed by atoms with E-state index in [0.29, 0.717) is 11.3 Å². The number of primary amides is 1. The van der Waals surface area contributed by atoms with Gasteiger partial charge in [0.15, 0.2) is 5.60 Å². The molecule has 1 unspecified atom stereocenters. The van der Waals surface area contributed by atoms with Gasteiger partial charge in [0, 0.05) is 0 Å². The summed E-state index contributed by atoms with van der Waals surface area (Å²) in [5.41, 5.74) is 3.78. The van der Waals surface area contributed by atoms with E-state index in [1.54, 1.807) is 24.3 Å². The number of aliphatic hydroxyl groups is 1. The average molecular weight is 220 g/mol. The molecule has 0 saturated heterocycles. The lowest BCUT2D eigenvalue weighted by molar-refractivity contribution is -0.137. The smallest absolute Gasteiger partial charge is 0.252 e. The molecule has 1 aromatic rings. The first kappa shape index (κ1) is 12.0. The summed E-state index contributed by atoms with van der Waals surface area (Å²) in [5, 5.41) is 18.1. The Labute approximate surface area is 93.1 Å². The Morgan fingerprint density at radius 2 is 2.12 bits per heavy atom. The van der Waals surface area contributed by atoms with Gasteiger partial charge in [0.25, 0.3) is 5.91 Å². The summed E-state index contributed by atoms with van der Waals surface area (Å²) < 4.78 is 5.17. The van der Waals surface area contributed by atoms with Gasteiger partial charge >= 0.3 is 0 Å². The molecule has 0 aliphatic heterocycles. The van der Waals surface area contributed by atoms with Crippen LogP contribution in [0.3, 0.4) is 0 Å². The average Bonchev–Trinajstić information content (AvgIpc) is 2.27. The molecule has 1 amide bonds. The van der Waals surface area contributed by atoms with Crippen molar-refractivity contribution in [3.63, 3.8) is 0 Å². The van der Waals surface area contributed by atoms with Crippen molar-refractivity contribution in [1.29, 1.82) is 5.26 Å². The molecule has 0 saturated carbocycles. The maximum atomic E-state index is 10.8. The fourth-order valence-corrected chi connectivity index (χ4v) is 0.921. The van der Waals surface area contributed by atoms with E-state index in [1.807, 2.05) is 6.07 Å². The molecule has 0 aliphatic carbocycles. The van der Waals surface area contributed by atoms with Crippen LogP contribution in [-0.2, 0) is 4.79 Å². The first-order valence-corrected chi connectivity index (χ1v) is 4.61. The minimum atomic E-state index is -1.70. The zero-order valence-corrected chi connectivity index (χ0v) is 8.80. The topological polar surface area (TPSA) is 96.3 Å². The predicted octanol–water partition coefficient (Wildman–Crippen LogP) is 0.173. The summed E-state index contributed by atoms with van der Waals surface area (Å²) in [4.78, 5) is 10.8. The van der Waals surface area contributed by atoms with Gasteiger partial charge in [-0.05, 0) is 31.2 Å². The maximum absolute atomic E-state index is 10.8. The van der Waals surface area contributed by atoms with E-state index in [0.717, 1.165) is 0 Å². The number of amides is 1. The molecular weight excluding hydrogens is 208 g/mol. The molecule has 0 bridgehead atoms. The summed E-state index contributed by atoms with van der Waals surface area (Å²) in [6.45, 7) is 1.05. The Morgan fingerprint density at radius 1 is 1.56 bits per heavy atom. The molecule has 16 heavy (non-hydrogen) atoms. The quantitative estimate of drug-likeness (QED) is 0.756. The standard InChI is InChI=1S/C11H12N2O3/c1-11(15,10(13)14)7-16-9-4-2-8(6-12)3-5-9/h2-5,15H,7H2,1H3,(H2,13,14). The fourth-order valence-electron chi connectivity index (χ4n) is 0.921. The molecule has 3 N–H and O–H groups in total. The van der Waals surface area contributed by atoms with Crippen molar-refractivity contribution < 1.29 is 14.6 Å². The van der Waals surface area contributed by atoms with Gasteiger partial charge in [-0.2, -0.15) is 5.26 Å². The van der Waals surface area contributed by atoms with Gasteiger partial charge in [-0.1, -0.05) is 0 Å². The Bertz CT molecular complexity index is 418. The van der Waals surface area contributed by atoms with Crippen molar-refractivity contribution in [2.24, 2.45) is 5.73 Å². The van der Waals surface area contributed by atoms with E-state index >= 15 is 0 Å². The summed E-state index contributed by atoms with van der Waals surface area (Å²) in [7, 11) is 0. The SMILES string of the molecule is CC(O)(COc1ccc(C#N)cc1)C(N)=O. The third kappa shape index (κ3) is 2.97. The molecule has 1 rings (SSSR count). The molecule has 5 heteroatoms. The van der Waals surface area contributed by atoms with Crippen LogP contribution in [0, 0.1) is 11.3 Å². The number of nitriles is 1. The highest BCUT2D eigenvalue weighted by Crippen LogP contribution is 2.13. The molecule has 0 aromatic heterocycles. The molecule has 1 aromatic carbocycles. The summed E-state index contributed by atoms with van der Waals surface area (Å²) in [6, 6.07) is 8.28. The van der Waals surface area contributed by atoms with Gasteiger partial charge in [-0.25, -0.2) is 0 Å². The Balaban J connectivity index is 2.62. The molecule has 0 spiro atoms. The predicted molar refractivity (Wildman–Crippen MR) is 56.5 cm³/mol. The zero-order chi connectivity index (χ0) is 12.2. The molecule has 5 nitrogen and oxygen atoms in total. The van der Waals surface area contributed by atoms with Crippen molar-refractivity contribution in [1.82, 2.24) is 0 Å². The van der Waals surface area contributed by atoms with Gasteiger partial charge in [0.1, 0.15) is 12.4 Å². The molecule has 0 radical (unpaired) electrons. The molecule has 1 atom stereocenters. The van der Waals surface area contributed by atoms with Crippen LogP contribution in [-0.4, -0.2) is 23.2 Å². The minimum Gasteiger partial charge on any atom is -0.490 e. The highest BCUT2D eigenvalue weighted by atomic mass is 16.5. The Morgan fingerprint density at radius 3 is 2.56 bits per heavy atom. The lowest BCUT2D eigenvalue weighted by atomic mass is 10.1. The summed E-state index contributed by atoms with van der Waals surface area (Å²) >= 11 is 0. The van der Waals surface area contributed by atoms with E-state index in [-0.39, 0.29) is 6.61 Å². The van der Waals surface area contributed by atoms with Crippen molar-refractivity contribution >= 4 is 5.91 Å². The first-order valence-electron chi connectivity index (χ1n) is 4.61. The number of nitrogens with zero attached hydrogens (tertiary/aromatic N) is 1. The Hall–Kier alpha value is -2.06. The largest absolute Gasteiger partial charge is 0.490 e. The van der Waals surface area contributed by atoms with Crippen molar-refractivity contribution in [2.45, 2.75) is 12.5 Å². The zero-order valence-electron chi connectivity index (χ0n) is 8.80. The van der Waals surface area contributed by atoms with Crippen LogP contribution in [0.5, 0.6) is 5.75 Å². The highest BCUT2D eigenvalue weighted by molar-refractivity contribution is 5.82. The van der Waals surface area contributed by atoms with E-state index in [1.165, 1.54) is 6.92 Å². The van der Waals surface area contributed by atoms with Crippen molar-refractivity contribution in [3.05, 3.63) is 29.8 Å². The number of hydrogen-bond acceptors (Lipinski definition) is 4. The Kier molecular flexibility index (Phi) is 3.48. The van der Waals surface area contributed by atoms with Crippen LogP contribution < -0.4 is 10.5 Å². The molecule has 0 fully saturated rings. The van der Waals surface area contributed by atoms with Crippen LogP contribution in [0.1, 0.15) is 12.5 Å². The van der Waals surface area contributed by atoms with E-state index < -0.39 is 11.5 Å². The summed E-state index contributed by atoms with van der Waals surface area (Å²) in [6.07, 6.45) is 0. The third-order valence-corrected chi connectivity index (χ3v) is 2.03. The van der Waals surface area contributed by atoms with Gasteiger partial charge in [-0.15, -0.1) is 0 Å². The van der Waals surface area contributed by atoms with Gasteiger partial charge < -0.3 is 15.6 Å². The third-order valence-electron chi connectivity index (χ3n) is 2.03. The lowest BCUT2D eigenvalue weighted by Gasteiger charge is -2.19. The molecule has 0 heterocycles. The van der Waals surface area contributed by atoms with Gasteiger partial charge in [-0.3, -0.25) is 4.79 Å². The molecule has 84 valence electrons. The number of nitrogens with two attached hydrogens (primary N) is 1. The maximum Gasteiger partial charge on any atom is 0.252 e. The molecular formula is C11H12N2O3. The number of hydrogen-bond donors (Lipinski definition) is 2. The van der Waals surface area contributed by atoms with E-state index in [9.17, 15) is 9.90 Å². The van der Waals surface area contributed by atoms with Gasteiger partial charge in [0.05, 0.1) is 11.6 Å². The second-order valence-corrected chi connectivity index (χ2v) is 3.56. The lowest BCUT2D eigenvalue weighted by Crippen LogP contribution is -2.45. The number of carbonyl (C=O) groups is 1. The number of carbonyl (C=O) groups excluding carboxylic acids is 1. The van der Waals surface area contributed by atoms with E-state index in [4.69, 9.17) is 15.7 Å². The number of benzene rings is 1. The highest BCUT2D eigenvalue weighted by Gasteiger charge is 2.28.